The lowest BCUT2D eigenvalue weighted by molar-refractivity contribution is 0.0699. The number of aromatic nitrogens is 1. The molecule has 0 radical (unpaired) electrons. The van der Waals surface area contributed by atoms with Crippen molar-refractivity contribution < 1.29 is 14.6 Å². The van der Waals surface area contributed by atoms with Gasteiger partial charge >= 0.3 is 5.97 Å². The molecule has 1 heterocycles. The largest absolute Gasteiger partial charge is 0.493 e. The average molecular weight is 342 g/mol. The number of rotatable bonds is 4. The highest BCUT2D eigenvalue weighted by Gasteiger charge is 2.17. The molecule has 2 aromatic carbocycles. The fraction of sp³-hybridized carbons (Fsp3) is 0.158. The van der Waals surface area contributed by atoms with Gasteiger partial charge in [0.05, 0.1) is 23.4 Å². The van der Waals surface area contributed by atoms with E-state index in [1.807, 2.05) is 38.1 Å². The first-order chi connectivity index (χ1) is 11.5. The van der Waals surface area contributed by atoms with Gasteiger partial charge in [-0.2, -0.15) is 0 Å². The van der Waals surface area contributed by atoms with Crippen LogP contribution in [0.5, 0.6) is 5.75 Å². The maximum atomic E-state index is 11.7. The molecule has 0 unspecified atom stereocenters. The molecule has 0 aliphatic rings. The fourth-order valence-electron chi connectivity index (χ4n) is 2.73. The second-order valence-electron chi connectivity index (χ2n) is 5.41. The molecule has 0 atom stereocenters. The number of aromatic carboxylic acids is 1. The molecule has 0 saturated carbocycles. The summed E-state index contributed by atoms with van der Waals surface area (Å²) >= 11 is 6.08. The number of carboxylic acid groups (broad SMARTS) is 1. The summed E-state index contributed by atoms with van der Waals surface area (Å²) in [7, 11) is 0. The van der Waals surface area contributed by atoms with Gasteiger partial charge < -0.3 is 9.84 Å². The summed E-state index contributed by atoms with van der Waals surface area (Å²) in [5.74, 6) is -0.339. The normalized spacial score (nSPS) is 10.8. The minimum absolute atomic E-state index is 0.173. The molecule has 0 fully saturated rings. The smallest absolute Gasteiger partial charge is 0.336 e. The Bertz CT molecular complexity index is 937. The van der Waals surface area contributed by atoms with Crippen LogP contribution in [0.1, 0.15) is 22.8 Å². The Morgan fingerprint density at radius 2 is 2.00 bits per heavy atom. The summed E-state index contributed by atoms with van der Waals surface area (Å²) in [5.41, 5.74) is 2.95. The molecule has 1 N–H and O–H groups in total. The monoisotopic (exact) mass is 341 g/mol. The Morgan fingerprint density at radius 1 is 1.25 bits per heavy atom. The number of aryl methyl sites for hydroxylation is 1. The second-order valence-corrected chi connectivity index (χ2v) is 5.84. The van der Waals surface area contributed by atoms with Crippen LogP contribution >= 0.6 is 11.6 Å². The van der Waals surface area contributed by atoms with E-state index >= 15 is 0 Å². The summed E-state index contributed by atoms with van der Waals surface area (Å²) in [5, 5.41) is 10.6. The van der Waals surface area contributed by atoms with Crippen LogP contribution in [-0.4, -0.2) is 22.7 Å². The quantitative estimate of drug-likeness (QED) is 0.728. The minimum Gasteiger partial charge on any atom is -0.493 e. The molecule has 0 aliphatic carbocycles. The standard InChI is InChI=1S/C19H16ClNO3/c1-3-24-17-7-5-4-6-13(17)16-10-15(19(22)23)14-9-12(20)8-11(2)18(14)21-16/h4-10H,3H2,1-2H3,(H,22,23). The van der Waals surface area contributed by atoms with Crippen molar-refractivity contribution in [3.63, 3.8) is 0 Å². The number of carboxylic acids is 1. The molecule has 1 aromatic heterocycles. The van der Waals surface area contributed by atoms with Gasteiger partial charge in [0.2, 0.25) is 0 Å². The van der Waals surface area contributed by atoms with Crippen molar-refractivity contribution in [1.82, 2.24) is 4.98 Å². The molecule has 24 heavy (non-hydrogen) atoms. The first kappa shape index (κ1) is 16.3. The molecule has 0 bridgehead atoms. The van der Waals surface area contributed by atoms with Crippen LogP contribution in [0, 0.1) is 6.92 Å². The van der Waals surface area contributed by atoms with Crippen molar-refractivity contribution >= 4 is 28.5 Å². The number of nitrogens with zero attached hydrogens (tertiary/aromatic N) is 1. The number of ether oxygens (including phenoxy) is 1. The highest BCUT2D eigenvalue weighted by Crippen LogP contribution is 2.33. The summed E-state index contributed by atoms with van der Waals surface area (Å²) in [4.78, 5) is 16.4. The molecule has 3 rings (SSSR count). The van der Waals surface area contributed by atoms with E-state index in [-0.39, 0.29) is 5.56 Å². The third-order valence-corrected chi connectivity index (χ3v) is 3.98. The van der Waals surface area contributed by atoms with Gasteiger partial charge in [0.25, 0.3) is 0 Å². The van der Waals surface area contributed by atoms with Crippen LogP contribution < -0.4 is 4.74 Å². The van der Waals surface area contributed by atoms with Gasteiger partial charge in [-0.15, -0.1) is 0 Å². The van der Waals surface area contributed by atoms with Crippen molar-refractivity contribution in [3.05, 3.63) is 58.6 Å². The first-order valence-electron chi connectivity index (χ1n) is 7.57. The van der Waals surface area contributed by atoms with E-state index in [0.717, 1.165) is 11.1 Å². The topological polar surface area (TPSA) is 59.4 Å². The minimum atomic E-state index is -1.01. The number of hydrogen-bond acceptors (Lipinski definition) is 3. The third kappa shape index (κ3) is 2.93. The lowest BCUT2D eigenvalue weighted by atomic mass is 10.0. The molecule has 5 heteroatoms. The Labute approximate surface area is 144 Å². The molecule has 0 saturated heterocycles. The van der Waals surface area contributed by atoms with Crippen molar-refractivity contribution in [2.24, 2.45) is 0 Å². The highest BCUT2D eigenvalue weighted by molar-refractivity contribution is 6.31. The SMILES string of the molecule is CCOc1ccccc1-c1cc(C(=O)O)c2cc(Cl)cc(C)c2n1. The van der Waals surface area contributed by atoms with Gasteiger partial charge in [-0.05, 0) is 49.7 Å². The van der Waals surface area contributed by atoms with E-state index in [2.05, 4.69) is 4.98 Å². The molecule has 4 nitrogen and oxygen atoms in total. The van der Waals surface area contributed by atoms with Crippen molar-refractivity contribution in [2.45, 2.75) is 13.8 Å². The fourth-order valence-corrected chi connectivity index (χ4v) is 3.00. The lowest BCUT2D eigenvalue weighted by Crippen LogP contribution is -2.02. The van der Waals surface area contributed by atoms with Gasteiger partial charge in [-0.1, -0.05) is 23.7 Å². The number of carbonyl (C=O) groups is 1. The number of fused-ring (bicyclic) bond motifs is 1. The van der Waals surface area contributed by atoms with Crippen LogP contribution in [0.2, 0.25) is 5.02 Å². The van der Waals surface area contributed by atoms with E-state index in [1.165, 1.54) is 0 Å². The predicted molar refractivity (Wildman–Crippen MR) is 95.1 cm³/mol. The molecular weight excluding hydrogens is 326 g/mol. The highest BCUT2D eigenvalue weighted by atomic mass is 35.5. The second kappa shape index (κ2) is 6.49. The Kier molecular flexibility index (Phi) is 4.40. The molecule has 122 valence electrons. The van der Waals surface area contributed by atoms with Gasteiger partial charge in [0.15, 0.2) is 0 Å². The van der Waals surface area contributed by atoms with Gasteiger partial charge in [0, 0.05) is 16.0 Å². The van der Waals surface area contributed by atoms with Crippen LogP contribution in [0.15, 0.2) is 42.5 Å². The number of halogens is 1. The maximum absolute atomic E-state index is 11.7. The van der Waals surface area contributed by atoms with E-state index in [4.69, 9.17) is 16.3 Å². The number of pyridine rings is 1. The number of para-hydroxylation sites is 1. The molecule has 0 spiro atoms. The Hall–Kier alpha value is -2.59. The number of hydrogen-bond donors (Lipinski definition) is 1. The van der Waals surface area contributed by atoms with Crippen molar-refractivity contribution in [2.75, 3.05) is 6.61 Å². The van der Waals surface area contributed by atoms with Gasteiger partial charge in [-0.3, -0.25) is 0 Å². The zero-order valence-electron chi connectivity index (χ0n) is 13.3. The Morgan fingerprint density at radius 3 is 2.71 bits per heavy atom. The van der Waals surface area contributed by atoms with E-state index in [0.29, 0.717) is 34.0 Å². The van der Waals surface area contributed by atoms with Crippen molar-refractivity contribution in [1.29, 1.82) is 0 Å². The van der Waals surface area contributed by atoms with E-state index < -0.39 is 5.97 Å². The summed E-state index contributed by atoms with van der Waals surface area (Å²) in [6.45, 7) is 4.29. The number of benzene rings is 2. The first-order valence-corrected chi connectivity index (χ1v) is 7.95. The van der Waals surface area contributed by atoms with Gasteiger partial charge in [-0.25, -0.2) is 9.78 Å². The summed E-state index contributed by atoms with van der Waals surface area (Å²) < 4.78 is 5.64. The van der Waals surface area contributed by atoms with Crippen LogP contribution in [-0.2, 0) is 0 Å². The van der Waals surface area contributed by atoms with E-state index in [9.17, 15) is 9.90 Å². The van der Waals surface area contributed by atoms with Crippen LogP contribution in [0.4, 0.5) is 0 Å². The summed E-state index contributed by atoms with van der Waals surface area (Å²) in [6, 6.07) is 12.4. The van der Waals surface area contributed by atoms with Crippen molar-refractivity contribution in [3.8, 4) is 17.0 Å². The maximum Gasteiger partial charge on any atom is 0.336 e. The van der Waals surface area contributed by atoms with Gasteiger partial charge in [0.1, 0.15) is 5.75 Å². The predicted octanol–water partition coefficient (Wildman–Crippen LogP) is 4.96. The van der Waals surface area contributed by atoms with Crippen LogP contribution in [0.3, 0.4) is 0 Å². The zero-order valence-corrected chi connectivity index (χ0v) is 14.1. The zero-order chi connectivity index (χ0) is 17.3. The molecule has 0 amide bonds. The molecule has 3 aromatic rings. The molecular formula is C19H16ClNO3. The average Bonchev–Trinajstić information content (AvgIpc) is 2.55. The van der Waals surface area contributed by atoms with Crippen LogP contribution in [0.25, 0.3) is 22.2 Å². The van der Waals surface area contributed by atoms with E-state index in [1.54, 1.807) is 18.2 Å². The lowest BCUT2D eigenvalue weighted by Gasteiger charge is -2.13. The third-order valence-electron chi connectivity index (χ3n) is 3.76. The summed E-state index contributed by atoms with van der Waals surface area (Å²) in [6.07, 6.45) is 0. The Balaban J connectivity index is 2.33. The molecule has 0 aliphatic heterocycles.